The first kappa shape index (κ1) is 23.6. The first-order chi connectivity index (χ1) is 7.30. The molecule has 0 saturated heterocycles. The van der Waals surface area contributed by atoms with Gasteiger partial charge in [-0.15, -0.1) is 0 Å². The van der Waals surface area contributed by atoms with Crippen LogP contribution < -0.4 is 0 Å². The number of rotatable bonds is 0. The Kier molecular flexibility index (Phi) is 15.8. The molecule has 0 unspecified atom stereocenters. The van der Waals surface area contributed by atoms with E-state index in [-0.39, 0.29) is 0 Å². The molecule has 0 nitrogen and oxygen atoms in total. The van der Waals surface area contributed by atoms with Gasteiger partial charge in [-0.1, -0.05) is 0 Å². The molecule has 0 N–H and O–H groups in total. The van der Waals surface area contributed by atoms with E-state index in [1.165, 1.54) is 26.7 Å². The molecule has 112 valence electrons. The van der Waals surface area contributed by atoms with Crippen molar-refractivity contribution >= 4 is 36.2 Å². The maximum atomic E-state index is 11.2. The molecule has 0 spiro atoms. The van der Waals surface area contributed by atoms with Crippen LogP contribution in [0.2, 0.25) is 0 Å². The van der Waals surface area contributed by atoms with Crippen molar-refractivity contribution in [3.8, 4) is 0 Å². The zero-order valence-corrected chi connectivity index (χ0v) is 13.5. The van der Waals surface area contributed by atoms with Crippen molar-refractivity contribution < 1.29 is 39.0 Å². The van der Waals surface area contributed by atoms with E-state index >= 15 is 0 Å². The summed E-state index contributed by atoms with van der Waals surface area (Å²) < 4.78 is 67.2. The number of hydrogen-bond acceptors (Lipinski definition) is 0. The van der Waals surface area contributed by atoms with Crippen molar-refractivity contribution in [2.45, 2.75) is 11.8 Å². The molecule has 0 amide bonds. The third-order valence-corrected chi connectivity index (χ3v) is 3.04. The first-order valence-corrected chi connectivity index (χ1v) is 10.8. The van der Waals surface area contributed by atoms with Gasteiger partial charge in [0, 0.05) is 0 Å². The summed E-state index contributed by atoms with van der Waals surface area (Å²) in [6.07, 6.45) is 0. The van der Waals surface area contributed by atoms with Crippen LogP contribution in [0, 0.1) is 0 Å². The van der Waals surface area contributed by atoms with Crippen LogP contribution in [0.25, 0.3) is 0 Å². The molecule has 0 bridgehead atoms. The summed E-state index contributed by atoms with van der Waals surface area (Å²) in [5.41, 5.74) is 0. The average molecular weight is 390 g/mol. The monoisotopic (exact) mass is 388 g/mol. The van der Waals surface area contributed by atoms with Crippen LogP contribution in [-0.4, -0.2) is 38.5 Å². The van der Waals surface area contributed by atoms with E-state index in [1.54, 1.807) is 0 Å². The Morgan fingerprint density at radius 1 is 0.706 bits per heavy atom. The standard InChI is InChI=1S/2C3H6F3P.2ClH.Ni/c2*1-7(2)3(4,5)6;;;/h2*1-2H3;2*1H;/q;;;;+2/p-2. The summed E-state index contributed by atoms with van der Waals surface area (Å²) in [4.78, 5) is 0. The van der Waals surface area contributed by atoms with Crippen LogP contribution in [0.3, 0.4) is 0 Å². The van der Waals surface area contributed by atoms with E-state index in [9.17, 15) is 26.3 Å². The average Bonchev–Trinajstić information content (AvgIpc) is 2.02. The van der Waals surface area contributed by atoms with Crippen molar-refractivity contribution in [3.05, 3.63) is 0 Å². The summed E-state index contributed by atoms with van der Waals surface area (Å²) >= 11 is 0.569. The molecule has 0 fully saturated rings. The zero-order valence-electron chi connectivity index (χ0n) is 9.23. The number of halogens is 8. The van der Waals surface area contributed by atoms with E-state index in [0.717, 1.165) is 0 Å². The molecule has 0 atom stereocenters. The van der Waals surface area contributed by atoms with Gasteiger partial charge in [-0.25, -0.2) is 0 Å². The van der Waals surface area contributed by atoms with Gasteiger partial charge >= 0.3 is 44.9 Å². The molecule has 0 aromatic heterocycles. The molecule has 0 heterocycles. The fraction of sp³-hybridized carbons (Fsp3) is 1.00. The van der Waals surface area contributed by atoms with Gasteiger partial charge in [0.05, 0.1) is 0 Å². The molecule has 0 aromatic rings. The zero-order chi connectivity index (χ0) is 14.9. The Morgan fingerprint density at radius 2 is 0.765 bits per heavy atom. The van der Waals surface area contributed by atoms with Crippen LogP contribution in [0.4, 0.5) is 26.3 Å². The molecule has 11 heteroatoms. The SMILES string of the molecule is CP(C)C(F)(F)F.CP(C)C(F)(F)F.[Cl][Ni][Cl]. The van der Waals surface area contributed by atoms with E-state index in [4.69, 9.17) is 20.4 Å². The number of hydrogen-bond donors (Lipinski definition) is 0. The predicted octanol–water partition coefficient (Wildman–Crippen LogP) is 5.87. The normalized spacial score (nSPS) is 11.9. The quantitative estimate of drug-likeness (QED) is 0.276. The minimum absolute atomic E-state index is 0.569. The van der Waals surface area contributed by atoms with Gasteiger partial charge in [0.25, 0.3) is 0 Å². The molecule has 0 aromatic carbocycles. The van der Waals surface area contributed by atoms with Gasteiger partial charge in [0.2, 0.25) is 0 Å². The summed E-state index contributed by atoms with van der Waals surface area (Å²) in [7, 11) is 5.92. The maximum absolute atomic E-state index is 11.2. The van der Waals surface area contributed by atoms with Crippen molar-refractivity contribution in [1.82, 2.24) is 0 Å². The van der Waals surface area contributed by atoms with Crippen molar-refractivity contribution in [1.29, 1.82) is 0 Å². The topological polar surface area (TPSA) is 0 Å². The van der Waals surface area contributed by atoms with Gasteiger partial charge in [-0.2, -0.15) is 26.3 Å². The molecule has 0 saturated carbocycles. The van der Waals surface area contributed by atoms with E-state index < -0.39 is 27.7 Å². The van der Waals surface area contributed by atoms with E-state index in [0.29, 0.717) is 12.7 Å². The Morgan fingerprint density at radius 3 is 0.765 bits per heavy atom. The summed E-state index contributed by atoms with van der Waals surface area (Å²) in [5, 5.41) is 0. The first-order valence-electron chi connectivity index (χ1n) is 3.61. The molecule has 0 radical (unpaired) electrons. The van der Waals surface area contributed by atoms with Crippen molar-refractivity contribution in [2.24, 2.45) is 0 Å². The van der Waals surface area contributed by atoms with Gasteiger partial charge in [-0.05, 0) is 42.5 Å². The molecule has 0 aliphatic rings. The fourth-order valence-electron chi connectivity index (χ4n) is 0. The summed E-state index contributed by atoms with van der Waals surface area (Å²) in [6.45, 7) is 4.76. The van der Waals surface area contributed by atoms with Crippen LogP contribution in [0.15, 0.2) is 0 Å². The molecule has 0 rings (SSSR count). The predicted molar refractivity (Wildman–Crippen MR) is 61.4 cm³/mol. The Bertz CT molecular complexity index is 155. The third-order valence-electron chi connectivity index (χ3n) is 1.01. The molecule has 17 heavy (non-hydrogen) atoms. The van der Waals surface area contributed by atoms with Crippen molar-refractivity contribution in [2.75, 3.05) is 26.7 Å². The molecular formula is C6H12Cl2F6NiP2. The van der Waals surface area contributed by atoms with Crippen LogP contribution >= 0.6 is 36.2 Å². The second kappa shape index (κ2) is 11.3. The van der Waals surface area contributed by atoms with Crippen LogP contribution in [0.5, 0.6) is 0 Å². The second-order valence-electron chi connectivity index (χ2n) is 2.77. The van der Waals surface area contributed by atoms with Crippen LogP contribution in [-0.2, 0) is 12.7 Å². The minimum atomic E-state index is -3.94. The van der Waals surface area contributed by atoms with E-state index in [1.807, 2.05) is 0 Å². The fourth-order valence-corrected chi connectivity index (χ4v) is 0. The molecule has 0 aliphatic heterocycles. The van der Waals surface area contributed by atoms with Gasteiger partial charge < -0.3 is 0 Å². The van der Waals surface area contributed by atoms with Crippen molar-refractivity contribution in [3.63, 3.8) is 0 Å². The third kappa shape index (κ3) is 23.1. The van der Waals surface area contributed by atoms with Gasteiger partial charge in [0.15, 0.2) is 0 Å². The summed E-state index contributed by atoms with van der Waals surface area (Å²) in [5.74, 6) is -7.87. The summed E-state index contributed by atoms with van der Waals surface area (Å²) in [6, 6.07) is 0. The Labute approximate surface area is 114 Å². The van der Waals surface area contributed by atoms with Gasteiger partial charge in [-0.3, -0.25) is 0 Å². The Hall–Kier alpha value is 1.51. The van der Waals surface area contributed by atoms with Crippen LogP contribution in [0.1, 0.15) is 0 Å². The van der Waals surface area contributed by atoms with E-state index in [2.05, 4.69) is 0 Å². The second-order valence-corrected chi connectivity index (χ2v) is 8.99. The molecular weight excluding hydrogens is 378 g/mol. The van der Waals surface area contributed by atoms with Gasteiger partial charge in [0.1, 0.15) is 0 Å². The molecule has 0 aliphatic carbocycles. The Balaban J connectivity index is -0.000000188. The number of alkyl halides is 6.